The molecule has 0 aromatic heterocycles. The Bertz CT molecular complexity index is 3000. The normalized spacial score (nSPS) is 16.3. The van der Waals surface area contributed by atoms with Crippen LogP contribution in [0, 0.1) is 0 Å². The molecule has 0 fully saturated rings. The van der Waals surface area contributed by atoms with Crippen molar-refractivity contribution in [3.8, 4) is 28.0 Å². The molecular weight excluding hydrogens is 681 g/mol. The van der Waals surface area contributed by atoms with Crippen molar-refractivity contribution in [2.45, 2.75) is 11.6 Å². The average molecular weight is 718 g/mol. The summed E-state index contributed by atoms with van der Waals surface area (Å²) in [6.07, 6.45) is -0.241. The SMILES string of the molecule is C[N+](c1ccccc1)(c1ccc2c(c1)C1(c3ccccc3-c3ccccc31)c1ccccc1-2)c1ccc2ccc3ccc4c(c3c2c1)OC(c1ccccc1)N4. The van der Waals surface area contributed by atoms with Crippen LogP contribution < -0.4 is 14.5 Å². The molecule has 0 radical (unpaired) electrons. The highest BCUT2D eigenvalue weighted by Crippen LogP contribution is 2.63. The topological polar surface area (TPSA) is 21.3 Å². The van der Waals surface area contributed by atoms with Crippen LogP contribution in [0.25, 0.3) is 43.8 Å². The average Bonchev–Trinajstić information content (AvgIpc) is 3.93. The zero-order chi connectivity index (χ0) is 37.0. The second-order valence-corrected chi connectivity index (χ2v) is 15.5. The van der Waals surface area contributed by atoms with Gasteiger partial charge in [-0.15, -0.1) is 0 Å². The maximum atomic E-state index is 6.78. The van der Waals surface area contributed by atoms with Crippen LogP contribution in [0.3, 0.4) is 0 Å². The van der Waals surface area contributed by atoms with E-state index in [1.807, 2.05) is 6.07 Å². The Kier molecular flexibility index (Phi) is 6.47. The number of rotatable bonds is 4. The van der Waals surface area contributed by atoms with Crippen LogP contribution in [0.2, 0.25) is 0 Å². The lowest BCUT2D eigenvalue weighted by molar-refractivity contribution is 0.263. The first-order valence-electron chi connectivity index (χ1n) is 19.5. The molecule has 0 saturated heterocycles. The molecule has 1 N–H and O–H groups in total. The van der Waals surface area contributed by atoms with Crippen LogP contribution >= 0.6 is 0 Å². The summed E-state index contributed by atoms with van der Waals surface area (Å²) in [5.41, 5.74) is 15.9. The van der Waals surface area contributed by atoms with E-state index in [1.165, 1.54) is 72.3 Å². The van der Waals surface area contributed by atoms with Gasteiger partial charge in [0, 0.05) is 35.2 Å². The van der Waals surface area contributed by atoms with E-state index in [0.29, 0.717) is 4.48 Å². The maximum Gasteiger partial charge on any atom is 0.196 e. The van der Waals surface area contributed by atoms with Gasteiger partial charge in [-0.1, -0.05) is 140 Å². The monoisotopic (exact) mass is 717 g/mol. The molecule has 3 aliphatic rings. The molecule has 1 spiro atoms. The van der Waals surface area contributed by atoms with E-state index >= 15 is 0 Å². The third-order valence-corrected chi connectivity index (χ3v) is 12.8. The lowest BCUT2D eigenvalue weighted by Crippen LogP contribution is -2.34. The van der Waals surface area contributed by atoms with E-state index in [1.54, 1.807) is 0 Å². The van der Waals surface area contributed by atoms with Crippen molar-refractivity contribution < 1.29 is 4.74 Å². The Morgan fingerprint density at radius 3 is 1.66 bits per heavy atom. The Balaban J connectivity index is 1.10. The van der Waals surface area contributed by atoms with Crippen LogP contribution in [-0.2, 0) is 5.41 Å². The van der Waals surface area contributed by atoms with Gasteiger partial charge in [0.05, 0.1) is 18.2 Å². The summed E-state index contributed by atoms with van der Waals surface area (Å²) < 4.78 is 7.27. The highest BCUT2D eigenvalue weighted by atomic mass is 16.5. The Labute approximate surface area is 326 Å². The fourth-order valence-electron chi connectivity index (χ4n) is 10.2. The van der Waals surface area contributed by atoms with Gasteiger partial charge in [0.25, 0.3) is 0 Å². The lowest BCUT2D eigenvalue weighted by Gasteiger charge is -2.35. The minimum absolute atomic E-state index is 0.241. The summed E-state index contributed by atoms with van der Waals surface area (Å²) in [6, 6.07) is 71.6. The summed E-state index contributed by atoms with van der Waals surface area (Å²) in [5.74, 6) is 0.906. The van der Waals surface area contributed by atoms with Gasteiger partial charge in [-0.25, -0.2) is 4.48 Å². The van der Waals surface area contributed by atoms with Crippen molar-refractivity contribution in [2.75, 3.05) is 12.4 Å². The number of hydrogen-bond donors (Lipinski definition) is 1. The Morgan fingerprint density at radius 1 is 0.464 bits per heavy atom. The molecule has 2 unspecified atom stereocenters. The van der Waals surface area contributed by atoms with Crippen molar-refractivity contribution in [3.63, 3.8) is 0 Å². The standard InChI is InChI=1S/C53H37N2O/c1-55(37-16-6-3-7-17-37,38-28-26-34-24-25-35-27-31-49-51(50(35)44(34)32-38)56-52(54-49)36-14-4-2-5-15-36)39-29-30-43-42-20-10-13-23-47(42)53(48(43)33-39)45-21-11-8-18-40(45)41-19-9-12-22-46(41)53/h2-33,52,54H,1H3/q+1. The first kappa shape index (κ1) is 31.4. The molecule has 12 rings (SSSR count). The number of quaternary nitrogens is 1. The van der Waals surface area contributed by atoms with Crippen molar-refractivity contribution in [2.24, 2.45) is 0 Å². The van der Waals surface area contributed by atoms with Gasteiger partial charge in [0.1, 0.15) is 17.1 Å². The molecule has 1 aliphatic heterocycles. The molecular formula is C53H37N2O+. The molecule has 264 valence electrons. The molecule has 0 saturated carbocycles. The molecule has 9 aromatic rings. The number of fused-ring (bicyclic) bond motifs is 15. The predicted octanol–water partition coefficient (Wildman–Crippen LogP) is 13.4. The van der Waals surface area contributed by atoms with E-state index in [9.17, 15) is 0 Å². The van der Waals surface area contributed by atoms with Gasteiger partial charge >= 0.3 is 0 Å². The number of ether oxygens (including phenoxy) is 1. The van der Waals surface area contributed by atoms with E-state index in [-0.39, 0.29) is 6.23 Å². The largest absolute Gasteiger partial charge is 0.464 e. The van der Waals surface area contributed by atoms with Crippen LogP contribution in [0.1, 0.15) is 34.0 Å². The van der Waals surface area contributed by atoms with E-state index in [0.717, 1.165) is 27.8 Å². The minimum Gasteiger partial charge on any atom is -0.464 e. The Hall–Kier alpha value is -6.94. The van der Waals surface area contributed by atoms with Gasteiger partial charge in [-0.2, -0.15) is 0 Å². The van der Waals surface area contributed by atoms with Crippen molar-refractivity contribution in [1.29, 1.82) is 0 Å². The van der Waals surface area contributed by atoms with Crippen LogP contribution in [0.4, 0.5) is 22.7 Å². The third kappa shape index (κ3) is 4.10. The molecule has 9 aromatic carbocycles. The molecule has 0 bridgehead atoms. The number of hydrogen-bond acceptors (Lipinski definition) is 2. The van der Waals surface area contributed by atoms with Crippen molar-refractivity contribution >= 4 is 44.3 Å². The number of benzene rings is 9. The summed E-state index contributed by atoms with van der Waals surface area (Å²) in [7, 11) is 2.35. The lowest BCUT2D eigenvalue weighted by atomic mass is 9.70. The van der Waals surface area contributed by atoms with Crippen LogP contribution in [0.5, 0.6) is 5.75 Å². The maximum absolute atomic E-state index is 6.78. The van der Waals surface area contributed by atoms with Gasteiger partial charge in [0.2, 0.25) is 0 Å². The Morgan fingerprint density at radius 2 is 0.982 bits per heavy atom. The fraction of sp³-hybridized carbons (Fsp3) is 0.0566. The van der Waals surface area contributed by atoms with Gasteiger partial charge < -0.3 is 10.1 Å². The summed E-state index contributed by atoms with van der Waals surface area (Å²) in [4.78, 5) is 0. The quantitative estimate of drug-likeness (QED) is 0.145. The first-order chi connectivity index (χ1) is 27.6. The smallest absolute Gasteiger partial charge is 0.196 e. The summed E-state index contributed by atoms with van der Waals surface area (Å²) in [5, 5.41) is 8.30. The predicted molar refractivity (Wildman–Crippen MR) is 231 cm³/mol. The molecule has 56 heavy (non-hydrogen) atoms. The summed E-state index contributed by atoms with van der Waals surface area (Å²) in [6.45, 7) is 0. The number of nitrogens with zero attached hydrogens (tertiary/aromatic N) is 1. The van der Waals surface area contributed by atoms with E-state index < -0.39 is 5.41 Å². The highest BCUT2D eigenvalue weighted by molar-refractivity contribution is 6.14. The van der Waals surface area contributed by atoms with Crippen molar-refractivity contribution in [1.82, 2.24) is 4.48 Å². The van der Waals surface area contributed by atoms with Gasteiger partial charge in [0.15, 0.2) is 12.0 Å². The van der Waals surface area contributed by atoms with E-state index in [4.69, 9.17) is 4.74 Å². The van der Waals surface area contributed by atoms with E-state index in [2.05, 4.69) is 200 Å². The molecule has 2 aliphatic carbocycles. The highest BCUT2D eigenvalue weighted by Gasteiger charge is 2.52. The third-order valence-electron chi connectivity index (χ3n) is 12.8. The molecule has 0 amide bonds. The van der Waals surface area contributed by atoms with Crippen molar-refractivity contribution in [3.05, 3.63) is 222 Å². The second-order valence-electron chi connectivity index (χ2n) is 15.5. The molecule has 2 atom stereocenters. The number of anilines is 1. The minimum atomic E-state index is -0.420. The molecule has 3 heteroatoms. The van der Waals surface area contributed by atoms with Gasteiger partial charge in [-0.05, 0) is 91.0 Å². The summed E-state index contributed by atoms with van der Waals surface area (Å²) >= 11 is 0. The fourth-order valence-corrected chi connectivity index (χ4v) is 10.2. The zero-order valence-corrected chi connectivity index (χ0v) is 30.9. The number of nitrogens with one attached hydrogen (secondary N) is 1. The van der Waals surface area contributed by atoms with Crippen LogP contribution in [0.15, 0.2) is 194 Å². The zero-order valence-electron chi connectivity index (χ0n) is 30.9. The second kappa shape index (κ2) is 11.5. The molecule has 3 nitrogen and oxygen atoms in total. The number of para-hydroxylation sites is 1. The van der Waals surface area contributed by atoms with Gasteiger partial charge in [-0.3, -0.25) is 0 Å². The van der Waals surface area contributed by atoms with Crippen LogP contribution in [-0.4, -0.2) is 7.05 Å². The molecule has 1 heterocycles. The first-order valence-corrected chi connectivity index (χ1v) is 19.5.